The number of hydrogen-bond donors (Lipinski definition) is 1. The summed E-state index contributed by atoms with van der Waals surface area (Å²) in [7, 11) is 0. The largest absolute Gasteiger partial charge is 0.458 e. The highest BCUT2D eigenvalue weighted by Gasteiger charge is 2.59. The Morgan fingerprint density at radius 3 is 2.71 bits per heavy atom. The van der Waals surface area contributed by atoms with Crippen molar-refractivity contribution in [3.05, 3.63) is 46.6 Å². The fraction of sp³-hybridized carbons (Fsp3) is 0.640. The Bertz CT molecular complexity index is 720. The molecule has 1 N–H and O–H groups in total. The first-order valence-electron chi connectivity index (χ1n) is 10.8. The van der Waals surface area contributed by atoms with Crippen molar-refractivity contribution >= 4 is 5.97 Å². The molecule has 4 atom stereocenters. The van der Waals surface area contributed by atoms with Crippen LogP contribution in [0.15, 0.2) is 46.6 Å². The van der Waals surface area contributed by atoms with Gasteiger partial charge in [0.25, 0.3) is 0 Å². The second-order valence-electron chi connectivity index (χ2n) is 9.43. The number of carbonyl (C=O) groups is 1. The average Bonchev–Trinajstić information content (AvgIpc) is 3.05. The van der Waals surface area contributed by atoms with E-state index in [9.17, 15) is 9.90 Å². The normalized spacial score (nSPS) is 32.1. The molecule has 1 fully saturated rings. The molecule has 0 radical (unpaired) electrons. The Kier molecular flexibility index (Phi) is 6.65. The summed E-state index contributed by atoms with van der Waals surface area (Å²) < 4.78 is 5.24. The van der Waals surface area contributed by atoms with Gasteiger partial charge in [-0.05, 0) is 93.6 Å². The molecule has 3 rings (SSSR count). The molecule has 1 heterocycles. The number of ether oxygens (including phenoxy) is 1. The number of hydrogen-bond acceptors (Lipinski definition) is 3. The maximum absolute atomic E-state index is 11.7. The highest BCUT2D eigenvalue weighted by Crippen LogP contribution is 2.65. The fourth-order valence-electron chi connectivity index (χ4n) is 5.69. The van der Waals surface area contributed by atoms with Gasteiger partial charge in [0.05, 0.1) is 6.61 Å². The van der Waals surface area contributed by atoms with Crippen LogP contribution in [0, 0.1) is 23.2 Å². The van der Waals surface area contributed by atoms with Gasteiger partial charge in [0.2, 0.25) is 0 Å². The van der Waals surface area contributed by atoms with E-state index in [0.717, 1.165) is 49.7 Å². The highest BCUT2D eigenvalue weighted by molar-refractivity contribution is 5.85. The van der Waals surface area contributed by atoms with Gasteiger partial charge < -0.3 is 9.84 Å². The van der Waals surface area contributed by atoms with Crippen LogP contribution < -0.4 is 0 Å². The Labute approximate surface area is 170 Å². The minimum absolute atomic E-state index is 0.161. The molecular formula is C25H36O3. The molecule has 0 spiro atoms. The summed E-state index contributed by atoms with van der Waals surface area (Å²) >= 11 is 0. The number of esters is 1. The van der Waals surface area contributed by atoms with Gasteiger partial charge in [-0.2, -0.15) is 0 Å². The van der Waals surface area contributed by atoms with E-state index >= 15 is 0 Å². The molecule has 1 aliphatic heterocycles. The molecular weight excluding hydrogens is 348 g/mol. The molecule has 2 aliphatic carbocycles. The van der Waals surface area contributed by atoms with Crippen LogP contribution in [0.1, 0.15) is 66.2 Å². The van der Waals surface area contributed by atoms with Crippen molar-refractivity contribution in [2.24, 2.45) is 23.2 Å². The van der Waals surface area contributed by atoms with Gasteiger partial charge in [0.15, 0.2) is 0 Å². The maximum atomic E-state index is 11.7. The minimum Gasteiger partial charge on any atom is -0.458 e. The van der Waals surface area contributed by atoms with E-state index < -0.39 is 0 Å². The van der Waals surface area contributed by atoms with Crippen molar-refractivity contribution in [3.8, 4) is 0 Å². The number of rotatable bonds is 8. The van der Waals surface area contributed by atoms with Gasteiger partial charge in [-0.3, -0.25) is 0 Å². The SMILES string of the molecule is CC(C)=CCC/C(C)=C/CC[C@]1(C)[C@H]2CCC(CO)=C[C@H]2[C@@H]1C1=CC(=O)OC1. The molecule has 0 aromatic carbocycles. The van der Waals surface area contributed by atoms with E-state index in [1.807, 2.05) is 0 Å². The van der Waals surface area contributed by atoms with E-state index in [2.05, 4.69) is 45.9 Å². The quantitative estimate of drug-likeness (QED) is 0.442. The van der Waals surface area contributed by atoms with Crippen molar-refractivity contribution in [1.82, 2.24) is 0 Å². The van der Waals surface area contributed by atoms with E-state index in [4.69, 9.17) is 4.74 Å². The van der Waals surface area contributed by atoms with Gasteiger partial charge in [-0.1, -0.05) is 36.3 Å². The number of aliphatic hydroxyl groups excluding tert-OH is 1. The zero-order valence-electron chi connectivity index (χ0n) is 18.0. The number of aliphatic hydroxyl groups is 1. The molecule has 0 amide bonds. The molecule has 0 bridgehead atoms. The van der Waals surface area contributed by atoms with Gasteiger partial charge in [0, 0.05) is 6.08 Å². The summed E-state index contributed by atoms with van der Waals surface area (Å²) in [6.45, 7) is 9.56. The van der Waals surface area contributed by atoms with Crippen LogP contribution in [-0.2, 0) is 9.53 Å². The second kappa shape index (κ2) is 8.82. The molecule has 0 aromatic rings. The van der Waals surface area contributed by atoms with Crippen LogP contribution >= 0.6 is 0 Å². The summed E-state index contributed by atoms with van der Waals surface area (Å²) in [6.07, 6.45) is 15.4. The molecule has 3 aliphatic rings. The lowest BCUT2D eigenvalue weighted by Crippen LogP contribution is -2.56. The fourth-order valence-corrected chi connectivity index (χ4v) is 5.69. The Hall–Kier alpha value is -1.61. The topological polar surface area (TPSA) is 46.5 Å². The number of fused-ring (bicyclic) bond motifs is 1. The van der Waals surface area contributed by atoms with Gasteiger partial charge >= 0.3 is 5.97 Å². The van der Waals surface area contributed by atoms with Crippen LogP contribution in [0.25, 0.3) is 0 Å². The number of cyclic esters (lactones) is 1. The number of allylic oxidation sites excluding steroid dienone is 5. The molecule has 28 heavy (non-hydrogen) atoms. The third kappa shape index (κ3) is 4.35. The van der Waals surface area contributed by atoms with E-state index in [1.165, 1.54) is 11.1 Å². The van der Waals surface area contributed by atoms with Crippen LogP contribution in [-0.4, -0.2) is 24.3 Å². The third-order valence-corrected chi connectivity index (χ3v) is 7.17. The van der Waals surface area contributed by atoms with E-state index in [1.54, 1.807) is 6.08 Å². The van der Waals surface area contributed by atoms with Gasteiger partial charge in [0.1, 0.15) is 6.61 Å². The Balaban J connectivity index is 1.69. The first-order valence-corrected chi connectivity index (χ1v) is 10.8. The lowest BCUT2D eigenvalue weighted by atomic mass is 9.42. The van der Waals surface area contributed by atoms with Crippen molar-refractivity contribution in [2.45, 2.75) is 66.2 Å². The highest BCUT2D eigenvalue weighted by atomic mass is 16.5. The van der Waals surface area contributed by atoms with Gasteiger partial charge in [-0.15, -0.1) is 0 Å². The molecule has 3 nitrogen and oxygen atoms in total. The molecule has 3 heteroatoms. The lowest BCUT2D eigenvalue weighted by molar-refractivity contribution is -0.135. The summed E-state index contributed by atoms with van der Waals surface area (Å²) in [6, 6.07) is 0. The van der Waals surface area contributed by atoms with Crippen LogP contribution in [0.5, 0.6) is 0 Å². The van der Waals surface area contributed by atoms with Crippen LogP contribution in [0.4, 0.5) is 0 Å². The lowest BCUT2D eigenvalue weighted by Gasteiger charge is -2.62. The first kappa shape index (κ1) is 21.1. The van der Waals surface area contributed by atoms with Crippen molar-refractivity contribution < 1.29 is 14.6 Å². The first-order chi connectivity index (χ1) is 13.3. The molecule has 0 aromatic heterocycles. The molecule has 0 saturated heterocycles. The summed E-state index contributed by atoms with van der Waals surface area (Å²) in [5.74, 6) is 1.26. The molecule has 0 unspecified atom stereocenters. The van der Waals surface area contributed by atoms with Crippen molar-refractivity contribution in [2.75, 3.05) is 13.2 Å². The second-order valence-corrected chi connectivity index (χ2v) is 9.43. The van der Waals surface area contributed by atoms with Crippen molar-refractivity contribution in [3.63, 3.8) is 0 Å². The number of carbonyl (C=O) groups excluding carboxylic acids is 1. The Morgan fingerprint density at radius 2 is 2.07 bits per heavy atom. The zero-order valence-corrected chi connectivity index (χ0v) is 18.0. The van der Waals surface area contributed by atoms with E-state index in [0.29, 0.717) is 24.4 Å². The monoisotopic (exact) mass is 384 g/mol. The summed E-state index contributed by atoms with van der Waals surface area (Å²) in [4.78, 5) is 11.7. The van der Waals surface area contributed by atoms with Crippen LogP contribution in [0.2, 0.25) is 0 Å². The van der Waals surface area contributed by atoms with E-state index in [-0.39, 0.29) is 18.0 Å². The smallest absolute Gasteiger partial charge is 0.331 e. The van der Waals surface area contributed by atoms with Gasteiger partial charge in [-0.25, -0.2) is 4.79 Å². The third-order valence-electron chi connectivity index (χ3n) is 7.17. The van der Waals surface area contributed by atoms with Crippen molar-refractivity contribution in [1.29, 1.82) is 0 Å². The predicted molar refractivity (Wildman–Crippen MR) is 114 cm³/mol. The molecule has 1 saturated carbocycles. The minimum atomic E-state index is -0.196. The average molecular weight is 385 g/mol. The maximum Gasteiger partial charge on any atom is 0.331 e. The summed E-state index contributed by atoms with van der Waals surface area (Å²) in [5, 5.41) is 9.58. The summed E-state index contributed by atoms with van der Waals surface area (Å²) in [5.41, 5.74) is 5.39. The van der Waals surface area contributed by atoms with Crippen LogP contribution in [0.3, 0.4) is 0 Å². The Morgan fingerprint density at radius 1 is 1.29 bits per heavy atom. The predicted octanol–water partition coefficient (Wildman–Crippen LogP) is 5.52. The zero-order chi connectivity index (χ0) is 20.3. The standard InChI is InChI=1S/C25H36O3/c1-17(2)7-5-8-18(3)9-6-12-25(4)22-11-10-19(15-26)13-21(22)24(25)20-14-23(27)28-16-20/h7,9,13-14,21-22,24,26H,5-6,8,10-12,15-16H2,1-4H3/b18-9+/t21-,22+,24+,25-/m1/s1. The molecule has 154 valence electrons.